The van der Waals surface area contributed by atoms with Crippen LogP contribution in [-0.4, -0.2) is 25.4 Å². The van der Waals surface area contributed by atoms with Gasteiger partial charge in [-0.05, 0) is 48.5 Å². The first-order valence-electron chi connectivity index (χ1n) is 9.44. The molecule has 0 fully saturated rings. The van der Waals surface area contributed by atoms with Crippen molar-refractivity contribution in [2.45, 2.75) is 0 Å². The van der Waals surface area contributed by atoms with E-state index in [0.29, 0.717) is 22.5 Å². The molecule has 0 saturated heterocycles. The maximum absolute atomic E-state index is 13.2. The van der Waals surface area contributed by atoms with Crippen molar-refractivity contribution in [1.82, 2.24) is 0 Å². The molecule has 6 nitrogen and oxygen atoms in total. The van der Waals surface area contributed by atoms with E-state index >= 15 is 0 Å². The average molecular weight is 419 g/mol. The summed E-state index contributed by atoms with van der Waals surface area (Å²) < 4.78 is 29.7. The van der Waals surface area contributed by atoms with E-state index in [1.54, 1.807) is 48.5 Å². The highest BCUT2D eigenvalue weighted by atomic mass is 19.1. The number of furan rings is 1. The van der Waals surface area contributed by atoms with Crippen LogP contribution < -0.4 is 14.8 Å². The number of halogens is 1. The third-order valence-electron chi connectivity index (χ3n) is 4.60. The fraction of sp³-hybridized carbons (Fsp3) is 0.0833. The number of para-hydroxylation sites is 3. The van der Waals surface area contributed by atoms with Crippen LogP contribution in [0.2, 0.25) is 0 Å². The number of carbonyl (C=O) groups is 2. The molecule has 0 radical (unpaired) electrons. The Morgan fingerprint density at radius 1 is 0.935 bits per heavy atom. The molecule has 1 amide bonds. The molecule has 0 unspecified atom stereocenters. The lowest BCUT2D eigenvalue weighted by Crippen LogP contribution is -2.21. The van der Waals surface area contributed by atoms with Crippen LogP contribution in [0.3, 0.4) is 0 Å². The molecule has 156 valence electrons. The van der Waals surface area contributed by atoms with Gasteiger partial charge in [0, 0.05) is 10.9 Å². The van der Waals surface area contributed by atoms with Crippen LogP contribution >= 0.6 is 0 Å². The quantitative estimate of drug-likeness (QED) is 0.434. The standard InChI is InChI=1S/C24H18FNO5/c1-29-19-8-4-5-9-20(19)30-14-21(27)26-22-17-6-2-3-7-18(17)31-24(22)23(28)15-10-12-16(25)13-11-15/h2-13H,14H2,1H3,(H,26,27). The van der Waals surface area contributed by atoms with Gasteiger partial charge in [-0.1, -0.05) is 24.3 Å². The van der Waals surface area contributed by atoms with Crippen LogP contribution in [0.1, 0.15) is 16.1 Å². The molecular weight excluding hydrogens is 401 g/mol. The number of ether oxygens (including phenoxy) is 2. The number of carbonyl (C=O) groups excluding carboxylic acids is 2. The highest BCUT2D eigenvalue weighted by Crippen LogP contribution is 2.33. The van der Waals surface area contributed by atoms with E-state index in [-0.39, 0.29) is 23.6 Å². The summed E-state index contributed by atoms with van der Waals surface area (Å²) in [6.07, 6.45) is 0. The van der Waals surface area contributed by atoms with Gasteiger partial charge in [0.25, 0.3) is 5.91 Å². The largest absolute Gasteiger partial charge is 0.493 e. The van der Waals surface area contributed by atoms with Gasteiger partial charge in [-0.2, -0.15) is 0 Å². The second-order valence-corrected chi connectivity index (χ2v) is 6.63. The summed E-state index contributed by atoms with van der Waals surface area (Å²) in [7, 11) is 1.51. The minimum absolute atomic E-state index is 0.0431. The maximum Gasteiger partial charge on any atom is 0.262 e. The van der Waals surface area contributed by atoms with Crippen molar-refractivity contribution in [3.05, 3.63) is 89.9 Å². The highest BCUT2D eigenvalue weighted by molar-refractivity contribution is 6.17. The molecule has 0 saturated carbocycles. The number of amides is 1. The molecule has 0 atom stereocenters. The molecule has 1 N–H and O–H groups in total. The van der Waals surface area contributed by atoms with E-state index in [9.17, 15) is 14.0 Å². The molecule has 0 spiro atoms. The first-order chi connectivity index (χ1) is 15.1. The number of benzene rings is 3. The second kappa shape index (κ2) is 8.71. The molecule has 3 aromatic carbocycles. The normalized spacial score (nSPS) is 10.6. The zero-order chi connectivity index (χ0) is 21.8. The van der Waals surface area contributed by atoms with Crippen LogP contribution in [0.5, 0.6) is 11.5 Å². The summed E-state index contributed by atoms with van der Waals surface area (Å²) in [6.45, 7) is -0.302. The summed E-state index contributed by atoms with van der Waals surface area (Å²) in [6, 6.07) is 19.0. The van der Waals surface area contributed by atoms with E-state index in [1.165, 1.54) is 31.4 Å². The Hall–Kier alpha value is -4.13. The van der Waals surface area contributed by atoms with Gasteiger partial charge < -0.3 is 19.2 Å². The molecule has 0 aliphatic rings. The molecule has 0 aliphatic carbocycles. The van der Waals surface area contributed by atoms with E-state index in [0.717, 1.165) is 0 Å². The van der Waals surface area contributed by atoms with E-state index in [4.69, 9.17) is 13.9 Å². The van der Waals surface area contributed by atoms with Crippen LogP contribution in [0.25, 0.3) is 11.0 Å². The number of fused-ring (bicyclic) bond motifs is 1. The highest BCUT2D eigenvalue weighted by Gasteiger charge is 2.23. The van der Waals surface area contributed by atoms with Crippen molar-refractivity contribution in [2.24, 2.45) is 0 Å². The average Bonchev–Trinajstić information content (AvgIpc) is 3.16. The van der Waals surface area contributed by atoms with Crippen molar-refractivity contribution < 1.29 is 27.9 Å². The van der Waals surface area contributed by atoms with Gasteiger partial charge in [0.05, 0.1) is 12.8 Å². The summed E-state index contributed by atoms with van der Waals surface area (Å²) in [5.41, 5.74) is 0.911. The smallest absolute Gasteiger partial charge is 0.262 e. The first-order valence-corrected chi connectivity index (χ1v) is 9.44. The number of nitrogens with one attached hydrogen (secondary N) is 1. The molecule has 4 rings (SSSR count). The van der Waals surface area contributed by atoms with Crippen molar-refractivity contribution in [1.29, 1.82) is 0 Å². The van der Waals surface area contributed by atoms with Gasteiger partial charge in [0.15, 0.2) is 23.9 Å². The van der Waals surface area contributed by atoms with Crippen LogP contribution in [0, 0.1) is 5.82 Å². The first kappa shape index (κ1) is 20.2. The molecule has 7 heteroatoms. The lowest BCUT2D eigenvalue weighted by molar-refractivity contribution is -0.118. The summed E-state index contributed by atoms with van der Waals surface area (Å²) in [4.78, 5) is 25.6. The molecule has 0 bridgehead atoms. The minimum Gasteiger partial charge on any atom is -0.493 e. The van der Waals surface area contributed by atoms with Crippen molar-refractivity contribution in [3.63, 3.8) is 0 Å². The Labute approximate surface area is 177 Å². The topological polar surface area (TPSA) is 77.8 Å². The lowest BCUT2D eigenvalue weighted by atomic mass is 10.1. The molecule has 31 heavy (non-hydrogen) atoms. The molecule has 1 aromatic heterocycles. The van der Waals surface area contributed by atoms with Crippen LogP contribution in [-0.2, 0) is 4.79 Å². The van der Waals surface area contributed by atoms with Crippen molar-refractivity contribution >= 4 is 28.3 Å². The number of anilines is 1. The summed E-state index contributed by atoms with van der Waals surface area (Å²) >= 11 is 0. The molecule has 4 aromatic rings. The van der Waals surface area contributed by atoms with Gasteiger partial charge >= 0.3 is 0 Å². The maximum atomic E-state index is 13.2. The lowest BCUT2D eigenvalue weighted by Gasteiger charge is -2.10. The SMILES string of the molecule is COc1ccccc1OCC(=O)Nc1c(C(=O)c2ccc(F)cc2)oc2ccccc12. The number of methoxy groups -OCH3 is 1. The molecule has 1 heterocycles. The third kappa shape index (κ3) is 4.25. The zero-order valence-electron chi connectivity index (χ0n) is 16.6. The Kier molecular flexibility index (Phi) is 5.66. The fourth-order valence-corrected chi connectivity index (χ4v) is 3.12. The fourth-order valence-electron chi connectivity index (χ4n) is 3.12. The van der Waals surface area contributed by atoms with Gasteiger partial charge in [-0.3, -0.25) is 9.59 Å². The van der Waals surface area contributed by atoms with Crippen LogP contribution in [0.4, 0.5) is 10.1 Å². The zero-order valence-corrected chi connectivity index (χ0v) is 16.6. The Morgan fingerprint density at radius 3 is 2.35 bits per heavy atom. The Morgan fingerprint density at radius 2 is 1.61 bits per heavy atom. The number of rotatable bonds is 7. The molecule has 0 aliphatic heterocycles. The van der Waals surface area contributed by atoms with E-state index in [2.05, 4.69) is 5.32 Å². The van der Waals surface area contributed by atoms with Crippen molar-refractivity contribution in [3.8, 4) is 11.5 Å². The van der Waals surface area contributed by atoms with Gasteiger partial charge in [-0.15, -0.1) is 0 Å². The van der Waals surface area contributed by atoms with Crippen molar-refractivity contribution in [2.75, 3.05) is 19.0 Å². The van der Waals surface area contributed by atoms with Gasteiger partial charge in [-0.25, -0.2) is 4.39 Å². The Balaban J connectivity index is 1.60. The summed E-state index contributed by atoms with van der Waals surface area (Å²) in [5, 5.41) is 3.28. The van der Waals surface area contributed by atoms with E-state index in [1.807, 2.05) is 0 Å². The van der Waals surface area contributed by atoms with E-state index < -0.39 is 17.5 Å². The Bertz CT molecular complexity index is 1250. The van der Waals surface area contributed by atoms with Gasteiger partial charge in [0.1, 0.15) is 11.4 Å². The predicted molar refractivity (Wildman–Crippen MR) is 113 cm³/mol. The second-order valence-electron chi connectivity index (χ2n) is 6.63. The number of hydrogen-bond acceptors (Lipinski definition) is 5. The predicted octanol–water partition coefficient (Wildman–Crippen LogP) is 4.83. The third-order valence-corrected chi connectivity index (χ3v) is 4.60. The van der Waals surface area contributed by atoms with Crippen LogP contribution in [0.15, 0.2) is 77.2 Å². The summed E-state index contributed by atoms with van der Waals surface area (Å²) in [5.74, 6) is -0.541. The molecular formula is C24H18FNO5. The van der Waals surface area contributed by atoms with Gasteiger partial charge in [0.2, 0.25) is 5.78 Å². The monoisotopic (exact) mass is 419 g/mol. The minimum atomic E-state index is -0.481. The number of hydrogen-bond donors (Lipinski definition) is 1. The number of ketones is 1.